The zero-order valence-corrected chi connectivity index (χ0v) is 18.7. The Morgan fingerprint density at radius 2 is 1.72 bits per heavy atom. The average Bonchev–Trinajstić information content (AvgIpc) is 2.73. The third-order valence-electron chi connectivity index (χ3n) is 5.40. The maximum atomic E-state index is 13.6. The fraction of sp³-hybridized carbons (Fsp3) is 0.440. The Balaban J connectivity index is 1.63. The van der Waals surface area contributed by atoms with Crippen molar-refractivity contribution in [2.24, 2.45) is 5.73 Å². The largest absolute Gasteiger partial charge is 0.489 e. The minimum absolute atomic E-state index is 0.0344. The van der Waals surface area contributed by atoms with E-state index in [4.69, 9.17) is 19.9 Å². The molecule has 1 aliphatic rings. The van der Waals surface area contributed by atoms with Gasteiger partial charge in [0.15, 0.2) is 5.79 Å². The molecule has 0 aromatic heterocycles. The summed E-state index contributed by atoms with van der Waals surface area (Å²) in [6, 6.07) is 12.0. The van der Waals surface area contributed by atoms with Gasteiger partial charge in [0.25, 0.3) is 0 Å². The molecule has 0 atom stereocenters. The number of rotatable bonds is 7. The van der Waals surface area contributed by atoms with Gasteiger partial charge in [-0.05, 0) is 62.9 Å². The SMILES string of the molecule is Cc1ccc(/C=C/COc2ccc(CCC3(N)COC(C)(C)OC3)cc2C(F)(F)F)cc1. The number of aryl methyl sites for hydroxylation is 2. The summed E-state index contributed by atoms with van der Waals surface area (Å²) in [6.45, 7) is 6.21. The fourth-order valence-corrected chi connectivity index (χ4v) is 3.34. The van der Waals surface area contributed by atoms with Gasteiger partial charge < -0.3 is 19.9 Å². The Morgan fingerprint density at radius 1 is 1.06 bits per heavy atom. The first-order valence-corrected chi connectivity index (χ1v) is 10.6. The summed E-state index contributed by atoms with van der Waals surface area (Å²) in [5, 5.41) is 0. The third kappa shape index (κ3) is 6.82. The lowest BCUT2D eigenvalue weighted by Crippen LogP contribution is -2.57. The van der Waals surface area contributed by atoms with Gasteiger partial charge in [-0.2, -0.15) is 13.2 Å². The van der Waals surface area contributed by atoms with Crippen LogP contribution in [0.3, 0.4) is 0 Å². The lowest BCUT2D eigenvalue weighted by atomic mass is 9.92. The predicted octanol–water partition coefficient (Wildman–Crippen LogP) is 5.52. The van der Waals surface area contributed by atoms with E-state index in [1.807, 2.05) is 37.3 Å². The van der Waals surface area contributed by atoms with Crippen molar-refractivity contribution < 1.29 is 27.4 Å². The Hall–Kier alpha value is -2.35. The van der Waals surface area contributed by atoms with Crippen molar-refractivity contribution in [1.82, 2.24) is 0 Å². The van der Waals surface area contributed by atoms with Gasteiger partial charge in [-0.1, -0.05) is 42.0 Å². The molecule has 2 aromatic carbocycles. The second-order valence-corrected chi connectivity index (χ2v) is 8.79. The maximum Gasteiger partial charge on any atom is 0.419 e. The molecule has 0 amide bonds. The van der Waals surface area contributed by atoms with E-state index in [9.17, 15) is 13.2 Å². The monoisotopic (exact) mass is 449 g/mol. The van der Waals surface area contributed by atoms with Crippen LogP contribution in [0.25, 0.3) is 6.08 Å². The maximum absolute atomic E-state index is 13.6. The number of hydrogen-bond acceptors (Lipinski definition) is 4. The number of nitrogens with two attached hydrogens (primary N) is 1. The molecule has 174 valence electrons. The highest BCUT2D eigenvalue weighted by Crippen LogP contribution is 2.37. The number of hydrogen-bond donors (Lipinski definition) is 1. The molecule has 0 saturated carbocycles. The highest BCUT2D eigenvalue weighted by atomic mass is 19.4. The van der Waals surface area contributed by atoms with Crippen molar-refractivity contribution in [3.8, 4) is 5.75 Å². The average molecular weight is 450 g/mol. The summed E-state index contributed by atoms with van der Waals surface area (Å²) in [5.74, 6) is -0.887. The summed E-state index contributed by atoms with van der Waals surface area (Å²) in [4.78, 5) is 0. The molecular weight excluding hydrogens is 419 g/mol. The molecule has 1 aliphatic heterocycles. The molecule has 0 aliphatic carbocycles. The number of benzene rings is 2. The predicted molar refractivity (Wildman–Crippen MR) is 118 cm³/mol. The van der Waals surface area contributed by atoms with Crippen LogP contribution in [0.2, 0.25) is 0 Å². The number of ether oxygens (including phenoxy) is 3. The van der Waals surface area contributed by atoms with Crippen LogP contribution in [-0.4, -0.2) is 31.1 Å². The van der Waals surface area contributed by atoms with Crippen LogP contribution in [0.4, 0.5) is 13.2 Å². The van der Waals surface area contributed by atoms with Crippen LogP contribution < -0.4 is 10.5 Å². The molecule has 2 N–H and O–H groups in total. The van der Waals surface area contributed by atoms with E-state index in [1.54, 1.807) is 26.0 Å². The molecule has 1 saturated heterocycles. The van der Waals surface area contributed by atoms with Crippen LogP contribution >= 0.6 is 0 Å². The molecule has 32 heavy (non-hydrogen) atoms. The second kappa shape index (κ2) is 9.65. The van der Waals surface area contributed by atoms with Crippen LogP contribution in [0.5, 0.6) is 5.75 Å². The topological polar surface area (TPSA) is 53.7 Å². The molecule has 3 rings (SSSR count). The van der Waals surface area contributed by atoms with Crippen molar-refractivity contribution in [2.75, 3.05) is 19.8 Å². The van der Waals surface area contributed by atoms with E-state index >= 15 is 0 Å². The van der Waals surface area contributed by atoms with Crippen LogP contribution in [-0.2, 0) is 22.1 Å². The van der Waals surface area contributed by atoms with Crippen molar-refractivity contribution in [2.45, 2.75) is 51.1 Å². The van der Waals surface area contributed by atoms with Crippen molar-refractivity contribution in [1.29, 1.82) is 0 Å². The first-order chi connectivity index (χ1) is 15.0. The zero-order chi connectivity index (χ0) is 23.4. The smallest absolute Gasteiger partial charge is 0.419 e. The van der Waals surface area contributed by atoms with Gasteiger partial charge in [0.05, 0.1) is 24.3 Å². The minimum Gasteiger partial charge on any atom is -0.489 e. The first kappa shape index (κ1) is 24.3. The van der Waals surface area contributed by atoms with E-state index in [0.29, 0.717) is 31.6 Å². The van der Waals surface area contributed by atoms with E-state index in [2.05, 4.69) is 0 Å². The highest BCUT2D eigenvalue weighted by Gasteiger charge is 2.37. The molecular formula is C25H30F3NO3. The van der Waals surface area contributed by atoms with E-state index < -0.39 is 23.1 Å². The Labute approximate surface area is 187 Å². The Morgan fingerprint density at radius 3 is 2.34 bits per heavy atom. The van der Waals surface area contributed by atoms with Crippen molar-refractivity contribution in [3.05, 3.63) is 70.8 Å². The van der Waals surface area contributed by atoms with Gasteiger partial charge in [0.2, 0.25) is 0 Å². The molecule has 0 bridgehead atoms. The Bertz CT molecular complexity index is 926. The zero-order valence-electron chi connectivity index (χ0n) is 18.7. The van der Waals surface area contributed by atoms with Crippen molar-refractivity contribution >= 4 is 6.08 Å². The Kier molecular flexibility index (Phi) is 7.32. The van der Waals surface area contributed by atoms with Crippen LogP contribution in [0.15, 0.2) is 48.5 Å². The molecule has 0 spiro atoms. The summed E-state index contributed by atoms with van der Waals surface area (Å²) >= 11 is 0. The van der Waals surface area contributed by atoms with Gasteiger partial charge in [-0.3, -0.25) is 0 Å². The molecule has 0 radical (unpaired) electrons. The summed E-state index contributed by atoms with van der Waals surface area (Å²) < 4.78 is 57.5. The van der Waals surface area contributed by atoms with E-state index in [1.165, 1.54) is 6.07 Å². The molecule has 1 fully saturated rings. The quantitative estimate of drug-likeness (QED) is 0.605. The molecule has 4 nitrogen and oxygen atoms in total. The second-order valence-electron chi connectivity index (χ2n) is 8.79. The highest BCUT2D eigenvalue weighted by molar-refractivity contribution is 5.49. The standard InChI is InChI=1S/C25H30F3NO3/c1-18-6-8-19(9-7-18)5-4-14-30-22-11-10-20(15-21(22)25(26,27)28)12-13-24(29)16-31-23(2,3)32-17-24/h4-11,15H,12-14,16-17,29H2,1-3H3/b5-4+. The van der Waals surface area contributed by atoms with Gasteiger partial charge in [-0.15, -0.1) is 0 Å². The summed E-state index contributed by atoms with van der Waals surface area (Å²) in [7, 11) is 0. The molecule has 1 heterocycles. The third-order valence-corrected chi connectivity index (χ3v) is 5.40. The summed E-state index contributed by atoms with van der Waals surface area (Å²) in [5.41, 5.74) is 7.43. The van der Waals surface area contributed by atoms with Gasteiger partial charge in [0.1, 0.15) is 12.4 Å². The molecule has 7 heteroatoms. The normalized spacial score (nSPS) is 18.1. The van der Waals surface area contributed by atoms with Crippen LogP contribution in [0.1, 0.15) is 42.5 Å². The molecule has 2 aromatic rings. The minimum atomic E-state index is -4.52. The first-order valence-electron chi connectivity index (χ1n) is 10.6. The lowest BCUT2D eigenvalue weighted by Gasteiger charge is -2.41. The van der Waals surface area contributed by atoms with Gasteiger partial charge in [0, 0.05) is 0 Å². The van der Waals surface area contributed by atoms with Crippen LogP contribution in [0, 0.1) is 6.92 Å². The molecule has 0 unspecified atom stereocenters. The van der Waals surface area contributed by atoms with Gasteiger partial charge in [-0.25, -0.2) is 0 Å². The van der Waals surface area contributed by atoms with Crippen molar-refractivity contribution in [3.63, 3.8) is 0 Å². The fourth-order valence-electron chi connectivity index (χ4n) is 3.34. The lowest BCUT2D eigenvalue weighted by molar-refractivity contribution is -0.267. The van der Waals surface area contributed by atoms with Gasteiger partial charge >= 0.3 is 6.18 Å². The van der Waals surface area contributed by atoms with E-state index in [-0.39, 0.29) is 12.4 Å². The summed E-state index contributed by atoms with van der Waals surface area (Å²) in [6.07, 6.45) is -0.188. The number of halogens is 3. The van der Waals surface area contributed by atoms with E-state index in [0.717, 1.165) is 17.2 Å². The number of alkyl halides is 3.